The van der Waals surface area contributed by atoms with Gasteiger partial charge in [0.05, 0.1) is 6.10 Å². The Balaban J connectivity index is 1.45. The number of amides is 2. The van der Waals surface area contributed by atoms with Crippen molar-refractivity contribution in [3.8, 4) is 0 Å². The number of aliphatic hydroxyl groups excluding tert-OH is 1. The highest BCUT2D eigenvalue weighted by atomic mass is 16.3. The molecule has 2 saturated carbocycles. The molecular formula is C28H42N2O3. The van der Waals surface area contributed by atoms with Crippen LogP contribution in [0.1, 0.15) is 76.6 Å². The fraction of sp³-hybridized carbons (Fsp3) is 0.714. The molecule has 1 aromatic rings. The molecule has 0 unspecified atom stereocenters. The summed E-state index contributed by atoms with van der Waals surface area (Å²) in [4.78, 5) is 28.1. The van der Waals surface area contributed by atoms with E-state index in [1.807, 2.05) is 42.2 Å². The third-order valence-electron chi connectivity index (χ3n) is 9.37. The Labute approximate surface area is 199 Å². The number of carbonyl (C=O) groups excluding carboxylic acids is 2. The van der Waals surface area contributed by atoms with Gasteiger partial charge in [-0.25, -0.2) is 0 Å². The minimum atomic E-state index is -0.516. The third kappa shape index (κ3) is 4.84. The first kappa shape index (κ1) is 24.3. The summed E-state index contributed by atoms with van der Waals surface area (Å²) >= 11 is 0. The quantitative estimate of drug-likeness (QED) is 0.704. The molecule has 1 heterocycles. The van der Waals surface area contributed by atoms with Crippen LogP contribution in [0, 0.1) is 35.0 Å². The van der Waals surface area contributed by atoms with Crippen LogP contribution in [0.2, 0.25) is 0 Å². The topological polar surface area (TPSA) is 69.6 Å². The molecule has 0 radical (unpaired) electrons. The van der Waals surface area contributed by atoms with Gasteiger partial charge in [-0.1, -0.05) is 45.9 Å². The maximum Gasteiger partial charge on any atom is 0.251 e. The van der Waals surface area contributed by atoms with Gasteiger partial charge in [0.2, 0.25) is 5.91 Å². The van der Waals surface area contributed by atoms with E-state index in [0.717, 1.165) is 51.6 Å². The standard InChI is InChI=1S/C28H42N2O3/c1-18-12-16-30(17-13-18)27(33)19(2)22-10-14-28(4)15-11-23(20(3)24(28)25(22)31)29-26(32)21-8-6-5-7-9-21/h5-9,18-20,22-25,31H,10-17H2,1-4H3,(H,29,32)/t19-,20+,22+,23-,24+,25-,28-/m0/s1. The summed E-state index contributed by atoms with van der Waals surface area (Å²) in [5.41, 5.74) is 0.738. The molecule has 33 heavy (non-hydrogen) atoms. The van der Waals surface area contributed by atoms with Crippen molar-refractivity contribution in [2.75, 3.05) is 13.1 Å². The summed E-state index contributed by atoms with van der Waals surface area (Å²) < 4.78 is 0. The third-order valence-corrected chi connectivity index (χ3v) is 9.37. The van der Waals surface area contributed by atoms with Gasteiger partial charge in [-0.15, -0.1) is 0 Å². The molecule has 0 bridgehead atoms. The van der Waals surface area contributed by atoms with Gasteiger partial charge in [-0.3, -0.25) is 9.59 Å². The molecule has 0 aromatic heterocycles. The first-order valence-corrected chi connectivity index (χ1v) is 13.0. The van der Waals surface area contributed by atoms with Crippen LogP contribution in [0.4, 0.5) is 0 Å². The summed E-state index contributed by atoms with van der Waals surface area (Å²) in [5.74, 6) is 0.935. The zero-order valence-corrected chi connectivity index (χ0v) is 20.8. The number of carbonyl (C=O) groups is 2. The molecule has 1 aliphatic heterocycles. The number of likely N-dealkylation sites (tertiary alicyclic amines) is 1. The molecule has 3 aliphatic rings. The van der Waals surface area contributed by atoms with E-state index >= 15 is 0 Å². The van der Waals surface area contributed by atoms with Crippen LogP contribution in [-0.2, 0) is 4.79 Å². The van der Waals surface area contributed by atoms with Gasteiger partial charge in [-0.05, 0) is 79.7 Å². The number of fused-ring (bicyclic) bond motifs is 1. The number of nitrogens with one attached hydrogen (secondary N) is 1. The fourth-order valence-corrected chi connectivity index (χ4v) is 7.04. The van der Waals surface area contributed by atoms with Gasteiger partial charge in [0.1, 0.15) is 0 Å². The lowest BCUT2D eigenvalue weighted by Gasteiger charge is -2.56. The molecule has 0 spiro atoms. The highest BCUT2D eigenvalue weighted by Crippen LogP contribution is 2.55. The lowest BCUT2D eigenvalue weighted by atomic mass is 9.51. The second kappa shape index (κ2) is 9.77. The van der Waals surface area contributed by atoms with Gasteiger partial charge in [0.25, 0.3) is 5.91 Å². The Morgan fingerprint density at radius 2 is 1.70 bits per heavy atom. The first-order valence-electron chi connectivity index (χ1n) is 13.0. The van der Waals surface area contributed by atoms with Crippen LogP contribution < -0.4 is 5.32 Å². The SMILES string of the molecule is CC1CCN(C(=O)[C@@H](C)[C@H]2CC[C@@]3(C)CC[C@H](NC(=O)c4ccccc4)[C@@H](C)[C@@H]3[C@H]2O)CC1. The second-order valence-corrected chi connectivity index (χ2v) is 11.5. The van der Waals surface area contributed by atoms with Gasteiger partial charge in [-0.2, -0.15) is 0 Å². The van der Waals surface area contributed by atoms with Crippen LogP contribution in [-0.4, -0.2) is 47.1 Å². The number of benzene rings is 1. The second-order valence-electron chi connectivity index (χ2n) is 11.5. The predicted octanol–water partition coefficient (Wildman–Crippen LogP) is 4.50. The van der Waals surface area contributed by atoms with Gasteiger partial charge >= 0.3 is 0 Å². The Morgan fingerprint density at radius 1 is 1.06 bits per heavy atom. The van der Waals surface area contributed by atoms with Gasteiger partial charge < -0.3 is 15.3 Å². The van der Waals surface area contributed by atoms with Crippen LogP contribution in [0.3, 0.4) is 0 Å². The zero-order chi connectivity index (χ0) is 23.8. The van der Waals surface area contributed by atoms with E-state index in [1.165, 1.54) is 0 Å². The largest absolute Gasteiger partial charge is 0.392 e. The molecule has 7 atom stereocenters. The van der Waals surface area contributed by atoms with E-state index in [9.17, 15) is 14.7 Å². The molecule has 1 saturated heterocycles. The molecule has 2 amide bonds. The lowest BCUT2D eigenvalue weighted by molar-refractivity contribution is -0.151. The van der Waals surface area contributed by atoms with E-state index < -0.39 is 6.10 Å². The average Bonchev–Trinajstić information content (AvgIpc) is 2.81. The van der Waals surface area contributed by atoms with Crippen molar-refractivity contribution in [3.63, 3.8) is 0 Å². The molecule has 2 aliphatic carbocycles. The Bertz CT molecular complexity index is 835. The smallest absolute Gasteiger partial charge is 0.251 e. The van der Waals surface area contributed by atoms with Crippen LogP contribution >= 0.6 is 0 Å². The van der Waals surface area contributed by atoms with Crippen molar-refractivity contribution in [1.82, 2.24) is 10.2 Å². The lowest BCUT2D eigenvalue weighted by Crippen LogP contribution is -2.58. The van der Waals surface area contributed by atoms with Crippen molar-refractivity contribution in [2.24, 2.45) is 35.0 Å². The number of aliphatic hydroxyl groups is 1. The zero-order valence-electron chi connectivity index (χ0n) is 20.8. The minimum absolute atomic E-state index is 0.0130. The summed E-state index contributed by atoms with van der Waals surface area (Å²) in [6.07, 6.45) is 5.51. The Hall–Kier alpha value is -1.88. The highest BCUT2D eigenvalue weighted by molar-refractivity contribution is 5.94. The van der Waals surface area contributed by atoms with Crippen molar-refractivity contribution in [2.45, 2.75) is 78.4 Å². The normalized spacial score (nSPS) is 36.0. The summed E-state index contributed by atoms with van der Waals surface area (Å²) in [6, 6.07) is 9.40. The molecular weight excluding hydrogens is 412 g/mol. The van der Waals surface area contributed by atoms with Gasteiger partial charge in [0.15, 0.2) is 0 Å². The molecule has 1 aromatic carbocycles. The molecule has 3 fully saturated rings. The summed E-state index contributed by atoms with van der Waals surface area (Å²) in [6.45, 7) is 10.5. The van der Waals surface area contributed by atoms with Crippen molar-refractivity contribution < 1.29 is 14.7 Å². The molecule has 4 rings (SSSR count). The van der Waals surface area contributed by atoms with E-state index in [4.69, 9.17) is 0 Å². The monoisotopic (exact) mass is 454 g/mol. The summed E-state index contributed by atoms with van der Waals surface area (Å²) in [7, 11) is 0. The van der Waals surface area contributed by atoms with Crippen LogP contribution in [0.25, 0.3) is 0 Å². The van der Waals surface area contributed by atoms with Crippen LogP contribution in [0.5, 0.6) is 0 Å². The molecule has 2 N–H and O–H groups in total. The molecule has 5 heteroatoms. The number of hydrogen-bond donors (Lipinski definition) is 2. The van der Waals surface area contributed by atoms with Crippen molar-refractivity contribution >= 4 is 11.8 Å². The Kier molecular flexibility index (Phi) is 7.18. The fourth-order valence-electron chi connectivity index (χ4n) is 7.04. The Morgan fingerprint density at radius 3 is 2.36 bits per heavy atom. The molecule has 5 nitrogen and oxygen atoms in total. The molecule has 182 valence electrons. The number of rotatable bonds is 4. The maximum absolute atomic E-state index is 13.3. The van der Waals surface area contributed by atoms with Crippen molar-refractivity contribution in [3.05, 3.63) is 35.9 Å². The number of piperidine rings is 1. The number of nitrogens with zero attached hydrogens (tertiary/aromatic N) is 1. The van der Waals surface area contributed by atoms with Gasteiger partial charge in [0, 0.05) is 30.6 Å². The van der Waals surface area contributed by atoms with E-state index in [-0.39, 0.29) is 46.9 Å². The van der Waals surface area contributed by atoms with E-state index in [1.54, 1.807) is 0 Å². The van der Waals surface area contributed by atoms with E-state index in [2.05, 4.69) is 26.1 Å². The maximum atomic E-state index is 13.3. The highest BCUT2D eigenvalue weighted by Gasteiger charge is 2.54. The van der Waals surface area contributed by atoms with Crippen LogP contribution in [0.15, 0.2) is 30.3 Å². The average molecular weight is 455 g/mol. The number of hydrogen-bond acceptors (Lipinski definition) is 3. The minimum Gasteiger partial charge on any atom is -0.392 e. The predicted molar refractivity (Wildman–Crippen MR) is 131 cm³/mol. The first-order chi connectivity index (χ1) is 15.7. The summed E-state index contributed by atoms with van der Waals surface area (Å²) in [5, 5.41) is 14.9. The van der Waals surface area contributed by atoms with Crippen molar-refractivity contribution in [1.29, 1.82) is 0 Å². The van der Waals surface area contributed by atoms with E-state index in [0.29, 0.717) is 11.5 Å².